The Hall–Kier alpha value is -0.410. The molecule has 0 aliphatic carbocycles. The van der Waals surface area contributed by atoms with Crippen molar-refractivity contribution >= 4 is 50.7 Å². The molecule has 0 fully saturated rings. The van der Waals surface area contributed by atoms with Crippen molar-refractivity contribution in [3.8, 4) is 5.75 Å². The molecule has 2 aromatic carbocycles. The van der Waals surface area contributed by atoms with E-state index in [0.29, 0.717) is 27.0 Å². The standard InChI is InChI=1S/C14H10BrCl3O/c15-7-10-11(16)4-2-6-13(10)19-8-9-3-1-5-12(17)14(9)18/h1-6H,7-8H2. The molecule has 0 aliphatic rings. The Morgan fingerprint density at radius 1 is 0.947 bits per heavy atom. The van der Waals surface area contributed by atoms with Gasteiger partial charge in [-0.05, 0) is 18.2 Å². The zero-order valence-corrected chi connectivity index (χ0v) is 13.7. The minimum Gasteiger partial charge on any atom is -0.488 e. The third-order valence-electron chi connectivity index (χ3n) is 2.62. The smallest absolute Gasteiger partial charge is 0.125 e. The first-order chi connectivity index (χ1) is 9.13. The normalized spacial score (nSPS) is 10.5. The summed E-state index contributed by atoms with van der Waals surface area (Å²) in [5.41, 5.74) is 1.76. The summed E-state index contributed by atoms with van der Waals surface area (Å²) in [4.78, 5) is 0. The second kappa shape index (κ2) is 6.85. The molecular formula is C14H10BrCl3O. The van der Waals surface area contributed by atoms with Gasteiger partial charge in [-0.1, -0.05) is 68.9 Å². The molecule has 0 saturated heterocycles. The molecule has 0 aliphatic heterocycles. The van der Waals surface area contributed by atoms with Crippen molar-refractivity contribution in [3.05, 3.63) is 62.6 Å². The zero-order chi connectivity index (χ0) is 13.8. The lowest BCUT2D eigenvalue weighted by molar-refractivity contribution is 0.304. The van der Waals surface area contributed by atoms with Gasteiger partial charge in [-0.15, -0.1) is 0 Å². The molecule has 0 amide bonds. The first kappa shape index (κ1) is 15.0. The maximum Gasteiger partial charge on any atom is 0.125 e. The van der Waals surface area contributed by atoms with Gasteiger partial charge in [-0.25, -0.2) is 0 Å². The second-order valence-electron chi connectivity index (χ2n) is 3.85. The van der Waals surface area contributed by atoms with Crippen LogP contribution in [-0.2, 0) is 11.9 Å². The average Bonchev–Trinajstić information content (AvgIpc) is 2.40. The van der Waals surface area contributed by atoms with Crippen LogP contribution in [0.25, 0.3) is 0 Å². The number of benzene rings is 2. The van der Waals surface area contributed by atoms with Crippen molar-refractivity contribution in [3.63, 3.8) is 0 Å². The second-order valence-corrected chi connectivity index (χ2v) is 5.60. The first-order valence-corrected chi connectivity index (χ1v) is 7.78. The summed E-state index contributed by atoms with van der Waals surface area (Å²) in [6, 6.07) is 11.0. The van der Waals surface area contributed by atoms with Gasteiger partial charge in [-0.3, -0.25) is 0 Å². The van der Waals surface area contributed by atoms with Gasteiger partial charge < -0.3 is 4.74 Å². The summed E-state index contributed by atoms with van der Waals surface area (Å²) in [7, 11) is 0. The molecule has 0 bridgehead atoms. The number of ether oxygens (including phenoxy) is 1. The third-order valence-corrected chi connectivity index (χ3v) is 4.40. The Balaban J connectivity index is 2.19. The molecule has 0 unspecified atom stereocenters. The van der Waals surface area contributed by atoms with E-state index in [1.165, 1.54) is 0 Å². The first-order valence-electron chi connectivity index (χ1n) is 5.52. The van der Waals surface area contributed by atoms with Gasteiger partial charge in [-0.2, -0.15) is 0 Å². The Morgan fingerprint density at radius 3 is 2.37 bits per heavy atom. The fourth-order valence-corrected chi connectivity index (χ4v) is 2.97. The highest BCUT2D eigenvalue weighted by molar-refractivity contribution is 9.08. The van der Waals surface area contributed by atoms with Crippen LogP contribution >= 0.6 is 50.7 Å². The average molecular weight is 380 g/mol. The summed E-state index contributed by atoms with van der Waals surface area (Å²) in [6.07, 6.45) is 0. The molecular weight excluding hydrogens is 370 g/mol. The van der Waals surface area contributed by atoms with Gasteiger partial charge in [0.15, 0.2) is 0 Å². The summed E-state index contributed by atoms with van der Waals surface area (Å²) in [5, 5.41) is 2.35. The molecule has 0 heterocycles. The Kier molecular flexibility index (Phi) is 5.40. The van der Waals surface area contributed by atoms with Crippen LogP contribution < -0.4 is 4.74 Å². The molecule has 0 N–H and O–H groups in total. The van der Waals surface area contributed by atoms with Crippen molar-refractivity contribution in [2.45, 2.75) is 11.9 Å². The molecule has 0 radical (unpaired) electrons. The molecule has 2 rings (SSSR count). The highest BCUT2D eigenvalue weighted by Crippen LogP contribution is 2.31. The maximum atomic E-state index is 6.12. The SMILES string of the molecule is Clc1cccc(COc2cccc(Cl)c2CBr)c1Cl. The molecule has 100 valence electrons. The highest BCUT2D eigenvalue weighted by Gasteiger charge is 2.09. The predicted octanol–water partition coefficient (Wildman–Crippen LogP) is 6.12. The predicted molar refractivity (Wildman–Crippen MR) is 84.9 cm³/mol. The van der Waals surface area contributed by atoms with Crippen molar-refractivity contribution in [2.24, 2.45) is 0 Å². The van der Waals surface area contributed by atoms with Crippen molar-refractivity contribution in [1.29, 1.82) is 0 Å². The fourth-order valence-electron chi connectivity index (χ4n) is 1.62. The lowest BCUT2D eigenvalue weighted by Crippen LogP contribution is -1.99. The number of halogens is 4. The van der Waals surface area contributed by atoms with Crippen molar-refractivity contribution in [2.75, 3.05) is 0 Å². The van der Waals surface area contributed by atoms with Crippen molar-refractivity contribution < 1.29 is 4.74 Å². The minimum absolute atomic E-state index is 0.347. The van der Waals surface area contributed by atoms with E-state index >= 15 is 0 Å². The summed E-state index contributed by atoms with van der Waals surface area (Å²) < 4.78 is 5.77. The third kappa shape index (κ3) is 3.57. The van der Waals surface area contributed by atoms with Crippen LogP contribution in [0.3, 0.4) is 0 Å². The van der Waals surface area contributed by atoms with E-state index in [1.807, 2.05) is 30.3 Å². The van der Waals surface area contributed by atoms with Crippen LogP contribution in [0.2, 0.25) is 15.1 Å². The van der Waals surface area contributed by atoms with Crippen LogP contribution in [-0.4, -0.2) is 0 Å². The monoisotopic (exact) mass is 378 g/mol. The largest absolute Gasteiger partial charge is 0.488 e. The van der Waals surface area contributed by atoms with Gasteiger partial charge >= 0.3 is 0 Å². The molecule has 0 spiro atoms. The topological polar surface area (TPSA) is 9.23 Å². The quantitative estimate of drug-likeness (QED) is 0.581. The van der Waals surface area contributed by atoms with Gasteiger partial charge in [0, 0.05) is 21.5 Å². The lowest BCUT2D eigenvalue weighted by Gasteiger charge is -2.12. The van der Waals surface area contributed by atoms with E-state index in [1.54, 1.807) is 6.07 Å². The van der Waals surface area contributed by atoms with Crippen LogP contribution in [0.5, 0.6) is 5.75 Å². The van der Waals surface area contributed by atoms with Gasteiger partial charge in [0.1, 0.15) is 12.4 Å². The molecule has 0 atom stereocenters. The molecule has 0 saturated carbocycles. The summed E-state index contributed by atoms with van der Waals surface area (Å²) in [5.74, 6) is 0.736. The summed E-state index contributed by atoms with van der Waals surface area (Å²) in [6.45, 7) is 0.347. The molecule has 5 heteroatoms. The molecule has 2 aromatic rings. The number of rotatable bonds is 4. The van der Waals surface area contributed by atoms with E-state index in [-0.39, 0.29) is 0 Å². The minimum atomic E-state index is 0.347. The number of hydrogen-bond donors (Lipinski definition) is 0. The van der Waals surface area contributed by atoms with Gasteiger partial charge in [0.2, 0.25) is 0 Å². The lowest BCUT2D eigenvalue weighted by atomic mass is 10.2. The van der Waals surface area contributed by atoms with E-state index in [4.69, 9.17) is 39.5 Å². The van der Waals surface area contributed by atoms with Crippen LogP contribution in [0.4, 0.5) is 0 Å². The molecule has 19 heavy (non-hydrogen) atoms. The Labute approximate surface area is 135 Å². The summed E-state index contributed by atoms with van der Waals surface area (Å²) >= 11 is 21.6. The van der Waals surface area contributed by atoms with E-state index < -0.39 is 0 Å². The number of hydrogen-bond acceptors (Lipinski definition) is 1. The fraction of sp³-hybridized carbons (Fsp3) is 0.143. The van der Waals surface area contributed by atoms with Crippen molar-refractivity contribution in [1.82, 2.24) is 0 Å². The Bertz CT molecular complexity index is 587. The van der Waals surface area contributed by atoms with Gasteiger partial charge in [0.05, 0.1) is 10.0 Å². The van der Waals surface area contributed by atoms with Crippen LogP contribution in [0.1, 0.15) is 11.1 Å². The van der Waals surface area contributed by atoms with E-state index in [9.17, 15) is 0 Å². The number of alkyl halides is 1. The van der Waals surface area contributed by atoms with Crippen LogP contribution in [0, 0.1) is 0 Å². The maximum absolute atomic E-state index is 6.12. The zero-order valence-electron chi connectivity index (χ0n) is 9.80. The van der Waals surface area contributed by atoms with E-state index in [2.05, 4.69) is 15.9 Å². The molecule has 0 aromatic heterocycles. The Morgan fingerprint density at radius 2 is 1.63 bits per heavy atom. The molecule has 1 nitrogen and oxygen atoms in total. The van der Waals surface area contributed by atoms with Crippen LogP contribution in [0.15, 0.2) is 36.4 Å². The van der Waals surface area contributed by atoms with Gasteiger partial charge in [0.25, 0.3) is 0 Å². The highest BCUT2D eigenvalue weighted by atomic mass is 79.9. The van der Waals surface area contributed by atoms with E-state index in [0.717, 1.165) is 16.9 Å².